The van der Waals surface area contributed by atoms with E-state index in [1.54, 1.807) is 0 Å². The van der Waals surface area contributed by atoms with E-state index in [-0.39, 0.29) is 12.5 Å². The van der Waals surface area contributed by atoms with E-state index >= 15 is 0 Å². The fourth-order valence-corrected chi connectivity index (χ4v) is 2.42. The molecule has 0 aliphatic carbocycles. The van der Waals surface area contributed by atoms with Crippen molar-refractivity contribution in [1.82, 2.24) is 10.3 Å². The summed E-state index contributed by atoms with van der Waals surface area (Å²) in [5, 5.41) is 13.0. The molecule has 0 atom stereocenters. The molecule has 0 unspecified atom stereocenters. The number of hydrogen-bond donors (Lipinski definition) is 3. The van der Waals surface area contributed by atoms with Gasteiger partial charge < -0.3 is 15.4 Å². The lowest BCUT2D eigenvalue weighted by Gasteiger charge is -2.05. The number of aliphatic hydroxyl groups is 1. The summed E-state index contributed by atoms with van der Waals surface area (Å²) in [5.41, 5.74) is 3.57. The van der Waals surface area contributed by atoms with Crippen LogP contribution in [0.2, 0.25) is 0 Å². The van der Waals surface area contributed by atoms with Gasteiger partial charge in [-0.2, -0.15) is 0 Å². The Kier molecular flexibility index (Phi) is 4.21. The summed E-state index contributed by atoms with van der Waals surface area (Å²) in [4.78, 5) is 15.2. The van der Waals surface area contributed by atoms with Gasteiger partial charge in [-0.25, -0.2) is 0 Å². The van der Waals surface area contributed by atoms with Crippen LogP contribution in [0.15, 0.2) is 54.6 Å². The molecule has 3 aromatic rings. The third-order valence-electron chi connectivity index (χ3n) is 3.68. The van der Waals surface area contributed by atoms with E-state index in [0.29, 0.717) is 12.2 Å². The van der Waals surface area contributed by atoms with Crippen LogP contribution in [0.25, 0.3) is 10.9 Å². The zero-order valence-corrected chi connectivity index (χ0v) is 12.2. The average molecular weight is 294 g/mol. The Hall–Kier alpha value is -2.59. The van der Waals surface area contributed by atoms with E-state index in [1.165, 1.54) is 0 Å². The molecule has 0 saturated heterocycles. The first kappa shape index (κ1) is 14.4. The number of aliphatic hydroxyl groups excluding tert-OH is 1. The molecule has 1 heterocycles. The highest BCUT2D eigenvalue weighted by atomic mass is 16.3. The lowest BCUT2D eigenvalue weighted by molar-refractivity contribution is 0.0950. The fourth-order valence-electron chi connectivity index (χ4n) is 2.42. The molecular formula is C18H18N2O2. The predicted octanol–water partition coefficient (Wildman–Crippen LogP) is 2.63. The number of hydrogen-bond acceptors (Lipinski definition) is 2. The molecule has 4 heteroatoms. The van der Waals surface area contributed by atoms with E-state index in [4.69, 9.17) is 5.11 Å². The molecule has 0 aliphatic rings. The number of benzene rings is 2. The quantitative estimate of drug-likeness (QED) is 0.677. The summed E-state index contributed by atoms with van der Waals surface area (Å²) in [6, 6.07) is 17.4. The molecule has 4 nitrogen and oxygen atoms in total. The van der Waals surface area contributed by atoms with Gasteiger partial charge in [-0.3, -0.25) is 4.79 Å². The Morgan fingerprint density at radius 3 is 2.50 bits per heavy atom. The van der Waals surface area contributed by atoms with Gasteiger partial charge in [0.05, 0.1) is 6.61 Å². The Morgan fingerprint density at radius 1 is 1.05 bits per heavy atom. The largest absolute Gasteiger partial charge is 0.392 e. The van der Waals surface area contributed by atoms with E-state index in [1.807, 2.05) is 54.6 Å². The van der Waals surface area contributed by atoms with Gasteiger partial charge in [0.15, 0.2) is 0 Å². The molecule has 112 valence electrons. The van der Waals surface area contributed by atoms with Gasteiger partial charge >= 0.3 is 0 Å². The van der Waals surface area contributed by atoms with Crippen molar-refractivity contribution in [3.63, 3.8) is 0 Å². The highest BCUT2D eigenvalue weighted by molar-refractivity contribution is 5.97. The number of aromatic amines is 1. The van der Waals surface area contributed by atoms with E-state index in [0.717, 1.165) is 28.5 Å². The van der Waals surface area contributed by atoms with Gasteiger partial charge in [-0.15, -0.1) is 0 Å². The summed E-state index contributed by atoms with van der Waals surface area (Å²) in [6.45, 7) is 0.629. The van der Waals surface area contributed by atoms with Crippen molar-refractivity contribution in [2.75, 3.05) is 6.54 Å². The SMILES string of the molecule is O=C(NCCc1ccc(CO)cc1)c1cc2ccccc2[nH]1. The first-order valence-corrected chi connectivity index (χ1v) is 7.31. The highest BCUT2D eigenvalue weighted by Gasteiger charge is 2.08. The predicted molar refractivity (Wildman–Crippen MR) is 86.7 cm³/mol. The van der Waals surface area contributed by atoms with Gasteiger partial charge in [0.25, 0.3) is 5.91 Å². The van der Waals surface area contributed by atoms with Crippen molar-refractivity contribution in [2.45, 2.75) is 13.0 Å². The smallest absolute Gasteiger partial charge is 0.267 e. The van der Waals surface area contributed by atoms with E-state index in [9.17, 15) is 4.79 Å². The summed E-state index contributed by atoms with van der Waals surface area (Å²) >= 11 is 0. The van der Waals surface area contributed by atoms with Crippen LogP contribution < -0.4 is 5.32 Å². The topological polar surface area (TPSA) is 65.1 Å². The molecule has 2 aromatic carbocycles. The van der Waals surface area contributed by atoms with Crippen LogP contribution in [0.3, 0.4) is 0 Å². The maximum atomic E-state index is 12.1. The lowest BCUT2D eigenvalue weighted by atomic mass is 10.1. The highest BCUT2D eigenvalue weighted by Crippen LogP contribution is 2.14. The van der Waals surface area contributed by atoms with Gasteiger partial charge in [0, 0.05) is 17.4 Å². The van der Waals surface area contributed by atoms with Crippen LogP contribution >= 0.6 is 0 Å². The first-order chi connectivity index (χ1) is 10.8. The van der Waals surface area contributed by atoms with Crippen molar-refractivity contribution in [1.29, 1.82) is 0 Å². The Balaban J connectivity index is 1.57. The van der Waals surface area contributed by atoms with Gasteiger partial charge in [-0.05, 0) is 29.7 Å². The van der Waals surface area contributed by atoms with Crippen molar-refractivity contribution in [2.24, 2.45) is 0 Å². The number of amides is 1. The van der Waals surface area contributed by atoms with Crippen LogP contribution in [0.4, 0.5) is 0 Å². The van der Waals surface area contributed by atoms with Crippen LogP contribution in [-0.2, 0) is 13.0 Å². The summed E-state index contributed by atoms with van der Waals surface area (Å²) in [6.07, 6.45) is 0.762. The van der Waals surface area contributed by atoms with Crippen LogP contribution in [0.1, 0.15) is 21.6 Å². The maximum Gasteiger partial charge on any atom is 0.267 e. The molecule has 22 heavy (non-hydrogen) atoms. The Bertz CT molecular complexity index is 742. The number of carbonyl (C=O) groups excluding carboxylic acids is 1. The zero-order chi connectivity index (χ0) is 15.4. The monoisotopic (exact) mass is 294 g/mol. The number of aromatic nitrogens is 1. The van der Waals surface area contributed by atoms with Crippen molar-refractivity contribution >= 4 is 16.8 Å². The third-order valence-corrected chi connectivity index (χ3v) is 3.68. The second kappa shape index (κ2) is 6.45. The minimum absolute atomic E-state index is 0.0530. The molecule has 0 bridgehead atoms. The van der Waals surface area contributed by atoms with Crippen molar-refractivity contribution in [3.05, 3.63) is 71.4 Å². The van der Waals surface area contributed by atoms with Crippen molar-refractivity contribution in [3.8, 4) is 0 Å². The number of carbonyl (C=O) groups is 1. The first-order valence-electron chi connectivity index (χ1n) is 7.31. The lowest BCUT2D eigenvalue weighted by Crippen LogP contribution is -2.25. The van der Waals surface area contributed by atoms with Crippen LogP contribution in [-0.4, -0.2) is 22.5 Å². The van der Waals surface area contributed by atoms with E-state index in [2.05, 4.69) is 10.3 Å². The summed E-state index contributed by atoms with van der Waals surface area (Å²) in [7, 11) is 0. The number of H-pyrrole nitrogens is 1. The van der Waals surface area contributed by atoms with Crippen molar-refractivity contribution < 1.29 is 9.90 Å². The Labute approximate surface area is 128 Å². The normalized spacial score (nSPS) is 10.8. The molecule has 0 spiro atoms. The third kappa shape index (κ3) is 3.18. The maximum absolute atomic E-state index is 12.1. The Morgan fingerprint density at radius 2 is 1.77 bits per heavy atom. The fraction of sp³-hybridized carbons (Fsp3) is 0.167. The standard InChI is InChI=1S/C18H18N2O2/c21-12-14-7-5-13(6-8-14)9-10-19-18(22)17-11-15-3-1-2-4-16(15)20-17/h1-8,11,20-21H,9-10,12H2,(H,19,22). The second-order valence-electron chi connectivity index (χ2n) is 5.25. The van der Waals surface area contributed by atoms with Gasteiger partial charge in [0.2, 0.25) is 0 Å². The molecule has 1 amide bonds. The number of nitrogens with one attached hydrogen (secondary N) is 2. The molecule has 0 radical (unpaired) electrons. The second-order valence-corrected chi connectivity index (χ2v) is 5.25. The van der Waals surface area contributed by atoms with E-state index < -0.39 is 0 Å². The molecule has 3 rings (SSSR count). The number of para-hydroxylation sites is 1. The average Bonchev–Trinajstić information content (AvgIpc) is 2.99. The minimum atomic E-state index is -0.0943. The van der Waals surface area contributed by atoms with Crippen LogP contribution in [0.5, 0.6) is 0 Å². The molecular weight excluding hydrogens is 276 g/mol. The molecule has 1 aromatic heterocycles. The molecule has 0 aliphatic heterocycles. The molecule has 0 saturated carbocycles. The summed E-state index contributed by atoms with van der Waals surface area (Å²) in [5.74, 6) is -0.0943. The zero-order valence-electron chi connectivity index (χ0n) is 12.2. The molecule has 3 N–H and O–H groups in total. The number of rotatable bonds is 5. The van der Waals surface area contributed by atoms with Crippen LogP contribution in [0, 0.1) is 0 Å². The minimum Gasteiger partial charge on any atom is -0.392 e. The molecule has 0 fully saturated rings. The van der Waals surface area contributed by atoms with Gasteiger partial charge in [-0.1, -0.05) is 42.5 Å². The summed E-state index contributed by atoms with van der Waals surface area (Å²) < 4.78 is 0. The number of fused-ring (bicyclic) bond motifs is 1. The van der Waals surface area contributed by atoms with Gasteiger partial charge in [0.1, 0.15) is 5.69 Å².